The van der Waals surface area contributed by atoms with Crippen LogP contribution in [0.4, 0.5) is 5.69 Å². The fraction of sp³-hybridized carbons (Fsp3) is 0.167. The molecule has 0 fully saturated rings. The molecule has 0 atom stereocenters. The molecule has 0 aliphatic carbocycles. The van der Waals surface area contributed by atoms with Crippen molar-refractivity contribution in [3.05, 3.63) is 50.4 Å². The highest BCUT2D eigenvalue weighted by Gasteiger charge is 2.15. The number of nitro groups is 1. The van der Waals surface area contributed by atoms with Crippen molar-refractivity contribution >= 4 is 17.4 Å². The molecule has 0 unspecified atom stereocenters. The van der Waals surface area contributed by atoms with E-state index in [-0.39, 0.29) is 17.0 Å². The number of H-pyrrole nitrogens is 1. The maximum Gasteiger partial charge on any atom is 0.310 e. The van der Waals surface area contributed by atoms with E-state index < -0.39 is 4.92 Å². The van der Waals surface area contributed by atoms with Crippen LogP contribution in [0.2, 0.25) is 0 Å². The number of hydrogen-bond donors (Lipinski definition) is 1. The molecular formula is C12H11N3O4S. The van der Waals surface area contributed by atoms with Gasteiger partial charge in [0.1, 0.15) is 0 Å². The summed E-state index contributed by atoms with van der Waals surface area (Å²) < 4.78 is 4.99. The van der Waals surface area contributed by atoms with E-state index in [0.29, 0.717) is 15.7 Å². The number of aromatic nitrogens is 2. The summed E-state index contributed by atoms with van der Waals surface area (Å²) in [5.74, 6) is 0.162. The van der Waals surface area contributed by atoms with E-state index in [2.05, 4.69) is 9.97 Å². The van der Waals surface area contributed by atoms with Gasteiger partial charge in [0.15, 0.2) is 10.9 Å². The van der Waals surface area contributed by atoms with Gasteiger partial charge in [0, 0.05) is 28.8 Å². The van der Waals surface area contributed by atoms with Crippen LogP contribution in [0.5, 0.6) is 5.75 Å². The Balaban J connectivity index is 2.34. The molecular weight excluding hydrogens is 282 g/mol. The van der Waals surface area contributed by atoms with Crippen LogP contribution in [0.25, 0.3) is 0 Å². The summed E-state index contributed by atoms with van der Waals surface area (Å²) in [6, 6.07) is 5.86. The molecule has 0 saturated carbocycles. The Morgan fingerprint density at radius 3 is 2.75 bits per heavy atom. The number of nitrogens with zero attached hydrogens (tertiary/aromatic N) is 2. The van der Waals surface area contributed by atoms with Gasteiger partial charge in [-0.2, -0.15) is 0 Å². The van der Waals surface area contributed by atoms with Gasteiger partial charge in [-0.25, -0.2) is 4.98 Å². The number of nitrogens with one attached hydrogen (secondary N) is 1. The molecule has 0 saturated heterocycles. The van der Waals surface area contributed by atoms with Gasteiger partial charge < -0.3 is 9.72 Å². The van der Waals surface area contributed by atoms with Crippen molar-refractivity contribution in [2.45, 2.75) is 17.0 Å². The highest BCUT2D eigenvalue weighted by Crippen LogP contribution is 2.33. The first-order valence-electron chi connectivity index (χ1n) is 5.58. The summed E-state index contributed by atoms with van der Waals surface area (Å²) >= 11 is 1.20. The lowest BCUT2D eigenvalue weighted by molar-refractivity contribution is -0.385. The van der Waals surface area contributed by atoms with Crippen LogP contribution in [0.3, 0.4) is 0 Å². The van der Waals surface area contributed by atoms with Crippen molar-refractivity contribution in [2.75, 3.05) is 7.11 Å². The smallest absolute Gasteiger partial charge is 0.310 e. The third-order valence-corrected chi connectivity index (χ3v) is 3.29. The summed E-state index contributed by atoms with van der Waals surface area (Å²) in [5, 5.41) is 11.2. The summed E-state index contributed by atoms with van der Waals surface area (Å²) in [5.41, 5.74) is 0.251. The summed E-state index contributed by atoms with van der Waals surface area (Å²) in [6.07, 6.45) is 0. The zero-order chi connectivity index (χ0) is 14.7. The minimum atomic E-state index is -0.514. The van der Waals surface area contributed by atoms with E-state index in [9.17, 15) is 14.9 Å². The number of benzene rings is 1. The van der Waals surface area contributed by atoms with E-state index in [4.69, 9.17) is 4.74 Å². The van der Waals surface area contributed by atoms with Gasteiger partial charge in [0.2, 0.25) is 0 Å². The quantitative estimate of drug-likeness (QED) is 0.527. The molecule has 1 aromatic carbocycles. The molecule has 1 N–H and O–H groups in total. The number of hydrogen-bond acceptors (Lipinski definition) is 6. The van der Waals surface area contributed by atoms with Crippen molar-refractivity contribution in [3.63, 3.8) is 0 Å². The van der Waals surface area contributed by atoms with Crippen LogP contribution < -0.4 is 10.3 Å². The lowest BCUT2D eigenvalue weighted by Gasteiger charge is -2.05. The molecule has 8 heteroatoms. The van der Waals surface area contributed by atoms with Gasteiger partial charge >= 0.3 is 5.69 Å². The van der Waals surface area contributed by atoms with Gasteiger partial charge in [-0.15, -0.1) is 0 Å². The van der Waals surface area contributed by atoms with Crippen LogP contribution in [0, 0.1) is 17.0 Å². The average Bonchev–Trinajstić information content (AvgIpc) is 2.37. The summed E-state index contributed by atoms with van der Waals surface area (Å²) in [4.78, 5) is 29.1. The van der Waals surface area contributed by atoms with E-state index in [1.54, 1.807) is 13.0 Å². The Morgan fingerprint density at radius 2 is 2.15 bits per heavy atom. The van der Waals surface area contributed by atoms with Crippen LogP contribution in [0.1, 0.15) is 5.69 Å². The molecule has 0 aliphatic rings. The molecule has 0 aliphatic heterocycles. The first-order chi connectivity index (χ1) is 9.49. The molecule has 7 nitrogen and oxygen atoms in total. The van der Waals surface area contributed by atoms with Gasteiger partial charge in [-0.05, 0) is 13.0 Å². The minimum absolute atomic E-state index is 0.109. The number of aryl methyl sites for hydroxylation is 1. The Morgan fingerprint density at radius 1 is 1.40 bits per heavy atom. The molecule has 104 valence electrons. The molecule has 0 bridgehead atoms. The molecule has 20 heavy (non-hydrogen) atoms. The standard InChI is InChI=1S/C12H11N3O4S/c1-7-5-11(16)14-12(13-7)20-8-3-4-9(15(17)18)10(6-8)19-2/h3-6H,1-2H3,(H,13,14,16). The summed E-state index contributed by atoms with van der Waals surface area (Å²) in [6.45, 7) is 1.72. The van der Waals surface area contributed by atoms with E-state index >= 15 is 0 Å². The second-order valence-electron chi connectivity index (χ2n) is 3.88. The number of rotatable bonds is 4. The van der Waals surface area contributed by atoms with Crippen LogP contribution in [-0.4, -0.2) is 22.0 Å². The van der Waals surface area contributed by atoms with Crippen LogP contribution >= 0.6 is 11.8 Å². The maximum atomic E-state index is 11.3. The third kappa shape index (κ3) is 3.15. The molecule has 0 radical (unpaired) electrons. The lowest BCUT2D eigenvalue weighted by Crippen LogP contribution is -2.07. The second-order valence-corrected chi connectivity index (χ2v) is 4.95. The predicted molar refractivity (Wildman–Crippen MR) is 73.4 cm³/mol. The predicted octanol–water partition coefficient (Wildman–Crippen LogP) is 2.15. The molecule has 2 aromatic rings. The Kier molecular flexibility index (Phi) is 4.04. The Hall–Kier alpha value is -2.35. The van der Waals surface area contributed by atoms with E-state index in [0.717, 1.165) is 0 Å². The first kappa shape index (κ1) is 14.1. The normalized spacial score (nSPS) is 10.3. The van der Waals surface area contributed by atoms with Gasteiger partial charge in [0.25, 0.3) is 5.56 Å². The Bertz CT molecular complexity index is 714. The van der Waals surface area contributed by atoms with E-state index in [1.165, 1.54) is 37.1 Å². The number of nitro benzene ring substituents is 1. The monoisotopic (exact) mass is 293 g/mol. The maximum absolute atomic E-state index is 11.3. The minimum Gasteiger partial charge on any atom is -0.490 e. The average molecular weight is 293 g/mol. The van der Waals surface area contributed by atoms with Crippen molar-refractivity contribution in [3.8, 4) is 5.75 Å². The number of ether oxygens (including phenoxy) is 1. The number of aromatic amines is 1. The van der Waals surface area contributed by atoms with Crippen LogP contribution in [-0.2, 0) is 0 Å². The largest absolute Gasteiger partial charge is 0.490 e. The topological polar surface area (TPSA) is 98.1 Å². The molecule has 1 heterocycles. The van der Waals surface area contributed by atoms with Crippen LogP contribution in [0.15, 0.2) is 39.1 Å². The fourth-order valence-electron chi connectivity index (χ4n) is 1.58. The molecule has 1 aromatic heterocycles. The lowest BCUT2D eigenvalue weighted by atomic mass is 10.3. The highest BCUT2D eigenvalue weighted by atomic mass is 32.2. The third-order valence-electron chi connectivity index (χ3n) is 2.41. The SMILES string of the molecule is COc1cc(Sc2nc(C)cc(=O)[nH]2)ccc1[N+](=O)[O-]. The Labute approximate surface area is 118 Å². The number of methoxy groups -OCH3 is 1. The van der Waals surface area contributed by atoms with Gasteiger partial charge in [-0.1, -0.05) is 11.8 Å². The zero-order valence-corrected chi connectivity index (χ0v) is 11.6. The fourth-order valence-corrected chi connectivity index (χ4v) is 2.45. The second kappa shape index (κ2) is 5.74. The summed E-state index contributed by atoms with van der Waals surface area (Å²) in [7, 11) is 1.36. The van der Waals surface area contributed by atoms with Gasteiger partial charge in [-0.3, -0.25) is 14.9 Å². The highest BCUT2D eigenvalue weighted by molar-refractivity contribution is 7.99. The molecule has 0 amide bonds. The molecule has 0 spiro atoms. The molecule has 2 rings (SSSR count). The van der Waals surface area contributed by atoms with E-state index in [1.807, 2.05) is 0 Å². The zero-order valence-electron chi connectivity index (χ0n) is 10.7. The van der Waals surface area contributed by atoms with Crippen molar-refractivity contribution < 1.29 is 9.66 Å². The van der Waals surface area contributed by atoms with Crippen molar-refractivity contribution in [2.24, 2.45) is 0 Å². The van der Waals surface area contributed by atoms with Crippen molar-refractivity contribution in [1.29, 1.82) is 0 Å². The van der Waals surface area contributed by atoms with Gasteiger partial charge in [0.05, 0.1) is 12.0 Å². The van der Waals surface area contributed by atoms with Crippen molar-refractivity contribution in [1.82, 2.24) is 9.97 Å². The first-order valence-corrected chi connectivity index (χ1v) is 6.39.